The van der Waals surface area contributed by atoms with E-state index in [1.165, 1.54) is 0 Å². The number of likely N-dealkylation sites (tertiary alicyclic amines) is 2. The summed E-state index contributed by atoms with van der Waals surface area (Å²) in [7, 11) is 1.81. The Morgan fingerprint density at radius 3 is 2.59 bits per heavy atom. The van der Waals surface area contributed by atoms with Crippen molar-refractivity contribution in [1.82, 2.24) is 14.7 Å². The number of amides is 2. The smallest absolute Gasteiger partial charge is 0.226 e. The molecule has 3 fully saturated rings. The molecule has 3 heterocycles. The molecule has 3 saturated heterocycles. The monoisotopic (exact) mass is 309 g/mol. The third-order valence-corrected chi connectivity index (χ3v) is 5.41. The Morgan fingerprint density at radius 1 is 1.18 bits per heavy atom. The molecule has 2 amide bonds. The lowest BCUT2D eigenvalue weighted by molar-refractivity contribution is -0.143. The highest BCUT2D eigenvalue weighted by atomic mass is 16.5. The SMILES string of the molecule is CC1CN(C(=O)C2CCN(C)C(=O)C2)CC1N1CCOCC1. The van der Waals surface area contributed by atoms with Crippen molar-refractivity contribution in [3.8, 4) is 0 Å². The van der Waals surface area contributed by atoms with E-state index >= 15 is 0 Å². The van der Waals surface area contributed by atoms with Crippen molar-refractivity contribution >= 4 is 11.8 Å². The Morgan fingerprint density at radius 2 is 1.91 bits per heavy atom. The number of rotatable bonds is 2. The van der Waals surface area contributed by atoms with Crippen LogP contribution < -0.4 is 0 Å². The van der Waals surface area contributed by atoms with E-state index in [0.29, 0.717) is 24.9 Å². The molecule has 22 heavy (non-hydrogen) atoms. The lowest BCUT2D eigenvalue weighted by atomic mass is 9.95. The second-order valence-electron chi connectivity index (χ2n) is 6.94. The van der Waals surface area contributed by atoms with Crippen molar-refractivity contribution in [1.29, 1.82) is 0 Å². The van der Waals surface area contributed by atoms with Gasteiger partial charge in [-0.15, -0.1) is 0 Å². The maximum absolute atomic E-state index is 12.7. The van der Waals surface area contributed by atoms with Gasteiger partial charge in [0.2, 0.25) is 11.8 Å². The van der Waals surface area contributed by atoms with Crippen LogP contribution in [0.25, 0.3) is 0 Å². The molecule has 0 aromatic heterocycles. The second-order valence-corrected chi connectivity index (χ2v) is 6.94. The largest absolute Gasteiger partial charge is 0.379 e. The first kappa shape index (κ1) is 15.7. The van der Waals surface area contributed by atoms with Crippen molar-refractivity contribution in [2.75, 3.05) is 53.0 Å². The second kappa shape index (κ2) is 6.54. The van der Waals surface area contributed by atoms with Gasteiger partial charge in [0.25, 0.3) is 0 Å². The number of morpholine rings is 1. The first-order valence-electron chi connectivity index (χ1n) is 8.41. The number of hydrogen-bond acceptors (Lipinski definition) is 4. The van der Waals surface area contributed by atoms with Gasteiger partial charge >= 0.3 is 0 Å². The zero-order valence-electron chi connectivity index (χ0n) is 13.7. The van der Waals surface area contributed by atoms with Gasteiger partial charge in [0.15, 0.2) is 0 Å². The van der Waals surface area contributed by atoms with Crippen LogP contribution in [0, 0.1) is 11.8 Å². The van der Waals surface area contributed by atoms with Crippen molar-refractivity contribution in [2.24, 2.45) is 11.8 Å². The summed E-state index contributed by atoms with van der Waals surface area (Å²) in [4.78, 5) is 30.8. The molecule has 0 N–H and O–H groups in total. The van der Waals surface area contributed by atoms with Crippen LogP contribution in [0.15, 0.2) is 0 Å². The van der Waals surface area contributed by atoms with Crippen LogP contribution >= 0.6 is 0 Å². The van der Waals surface area contributed by atoms with E-state index in [0.717, 1.165) is 45.8 Å². The minimum Gasteiger partial charge on any atom is -0.379 e. The zero-order valence-corrected chi connectivity index (χ0v) is 13.7. The van der Waals surface area contributed by atoms with Crippen LogP contribution in [0.5, 0.6) is 0 Å². The highest BCUT2D eigenvalue weighted by molar-refractivity contribution is 5.87. The fourth-order valence-corrected chi connectivity index (χ4v) is 3.93. The fraction of sp³-hybridized carbons (Fsp3) is 0.875. The molecule has 0 bridgehead atoms. The first-order chi connectivity index (χ1) is 10.6. The molecular formula is C16H27N3O3. The van der Waals surface area contributed by atoms with Crippen LogP contribution in [0.1, 0.15) is 19.8 Å². The highest BCUT2D eigenvalue weighted by Gasteiger charge is 2.39. The van der Waals surface area contributed by atoms with Crippen LogP contribution in [-0.2, 0) is 14.3 Å². The molecule has 3 unspecified atom stereocenters. The summed E-state index contributed by atoms with van der Waals surface area (Å²) >= 11 is 0. The minimum atomic E-state index is -0.112. The van der Waals surface area contributed by atoms with Gasteiger partial charge in [-0.25, -0.2) is 0 Å². The van der Waals surface area contributed by atoms with Crippen LogP contribution in [0.2, 0.25) is 0 Å². The van der Waals surface area contributed by atoms with Gasteiger partial charge in [-0.2, -0.15) is 0 Å². The topological polar surface area (TPSA) is 53.1 Å². The third-order valence-electron chi connectivity index (χ3n) is 5.41. The molecule has 3 rings (SSSR count). The Kier molecular flexibility index (Phi) is 4.68. The molecule has 0 aliphatic carbocycles. The third kappa shape index (κ3) is 3.13. The number of nitrogens with zero attached hydrogens (tertiary/aromatic N) is 3. The standard InChI is InChI=1S/C16H27N3O3/c1-12-10-19(11-14(12)18-5-7-22-8-6-18)16(21)13-3-4-17(2)15(20)9-13/h12-14H,3-11H2,1-2H3. The molecular weight excluding hydrogens is 282 g/mol. The Hall–Kier alpha value is -1.14. The molecule has 6 nitrogen and oxygen atoms in total. The highest BCUT2D eigenvalue weighted by Crippen LogP contribution is 2.27. The van der Waals surface area contributed by atoms with E-state index in [4.69, 9.17) is 4.74 Å². The van der Waals surface area contributed by atoms with Gasteiger partial charge < -0.3 is 14.5 Å². The van der Waals surface area contributed by atoms with Gasteiger partial charge in [0, 0.05) is 58.2 Å². The summed E-state index contributed by atoms with van der Waals surface area (Å²) in [6.07, 6.45) is 1.18. The van der Waals surface area contributed by atoms with E-state index in [1.54, 1.807) is 4.90 Å². The summed E-state index contributed by atoms with van der Waals surface area (Å²) in [5, 5.41) is 0. The van der Waals surface area contributed by atoms with Crippen LogP contribution in [0.3, 0.4) is 0 Å². The van der Waals surface area contributed by atoms with Gasteiger partial charge in [-0.1, -0.05) is 6.92 Å². The summed E-state index contributed by atoms with van der Waals surface area (Å²) in [6, 6.07) is 0.440. The first-order valence-corrected chi connectivity index (χ1v) is 8.41. The molecule has 0 aromatic rings. The quantitative estimate of drug-likeness (QED) is 0.722. The lowest BCUT2D eigenvalue weighted by Crippen LogP contribution is -2.47. The maximum atomic E-state index is 12.7. The van der Waals surface area contributed by atoms with Gasteiger partial charge in [0.05, 0.1) is 13.2 Å². The number of ether oxygens (including phenoxy) is 1. The van der Waals surface area contributed by atoms with Crippen LogP contribution in [-0.4, -0.2) is 85.5 Å². The predicted octanol–water partition coefficient (Wildman–Crippen LogP) is 0.0339. The zero-order chi connectivity index (χ0) is 15.7. The van der Waals surface area contributed by atoms with E-state index in [2.05, 4.69) is 11.8 Å². The summed E-state index contributed by atoms with van der Waals surface area (Å²) in [5.41, 5.74) is 0. The van der Waals surface area contributed by atoms with Crippen molar-refractivity contribution in [3.05, 3.63) is 0 Å². The average Bonchev–Trinajstić information content (AvgIpc) is 2.92. The van der Waals surface area contributed by atoms with Crippen molar-refractivity contribution in [3.63, 3.8) is 0 Å². The lowest BCUT2D eigenvalue weighted by Gasteiger charge is -2.34. The Bertz CT molecular complexity index is 436. The molecule has 124 valence electrons. The molecule has 0 aromatic carbocycles. The predicted molar refractivity (Wildman–Crippen MR) is 82.3 cm³/mol. The van der Waals surface area contributed by atoms with E-state index < -0.39 is 0 Å². The molecule has 6 heteroatoms. The number of hydrogen-bond donors (Lipinski definition) is 0. The molecule has 0 spiro atoms. The van der Waals surface area contributed by atoms with Crippen molar-refractivity contribution in [2.45, 2.75) is 25.8 Å². The maximum Gasteiger partial charge on any atom is 0.226 e. The number of carbonyl (C=O) groups excluding carboxylic acids is 2. The van der Waals surface area contributed by atoms with Crippen LogP contribution in [0.4, 0.5) is 0 Å². The normalized spacial score (nSPS) is 34.3. The van der Waals surface area contributed by atoms with Gasteiger partial charge in [-0.3, -0.25) is 14.5 Å². The summed E-state index contributed by atoms with van der Waals surface area (Å²) in [5.74, 6) is 0.661. The minimum absolute atomic E-state index is 0.0987. The number of piperidine rings is 1. The molecule has 0 radical (unpaired) electrons. The van der Waals surface area contributed by atoms with E-state index in [-0.39, 0.29) is 17.7 Å². The molecule has 3 aliphatic rings. The Balaban J connectivity index is 1.59. The average molecular weight is 309 g/mol. The number of carbonyl (C=O) groups is 2. The van der Waals surface area contributed by atoms with E-state index in [1.807, 2.05) is 11.9 Å². The Labute approximate surface area is 132 Å². The molecule has 3 aliphatic heterocycles. The van der Waals surface area contributed by atoms with E-state index in [9.17, 15) is 9.59 Å². The van der Waals surface area contributed by atoms with Gasteiger partial charge in [0.1, 0.15) is 0 Å². The van der Waals surface area contributed by atoms with Gasteiger partial charge in [-0.05, 0) is 12.3 Å². The summed E-state index contributed by atoms with van der Waals surface area (Å²) < 4.78 is 5.42. The molecule has 3 atom stereocenters. The molecule has 0 saturated carbocycles. The summed E-state index contributed by atoms with van der Waals surface area (Å²) in [6.45, 7) is 8.06. The fourth-order valence-electron chi connectivity index (χ4n) is 3.93. The van der Waals surface area contributed by atoms with Crippen molar-refractivity contribution < 1.29 is 14.3 Å².